The Kier molecular flexibility index (Phi) is 4.40. The molecule has 0 N–H and O–H groups in total. The second-order valence-electron chi connectivity index (χ2n) is 5.11. The van der Waals surface area contributed by atoms with E-state index in [-0.39, 0.29) is 0 Å². The molecule has 6 heteroatoms. The first-order valence-corrected chi connectivity index (χ1v) is 9.22. The van der Waals surface area contributed by atoms with Crippen LogP contribution >= 0.6 is 22.7 Å². The van der Waals surface area contributed by atoms with Crippen molar-refractivity contribution in [3.05, 3.63) is 58.5 Å². The smallest absolute Gasteiger partial charge is 0.135 e. The van der Waals surface area contributed by atoms with Gasteiger partial charge >= 0.3 is 0 Å². The third-order valence-electron chi connectivity index (χ3n) is 3.38. The monoisotopic (exact) mass is 350 g/mol. The number of hydrogen-bond acceptors (Lipinski definition) is 6. The van der Waals surface area contributed by atoms with Crippen molar-refractivity contribution in [2.75, 3.05) is 13.1 Å². The van der Waals surface area contributed by atoms with Gasteiger partial charge in [-0.1, -0.05) is 24.3 Å². The fraction of sp³-hybridized carbons (Fsp3) is 0.111. The van der Waals surface area contributed by atoms with Crippen LogP contribution in [0.4, 0.5) is 0 Å². The number of fused-ring (bicyclic) bond motifs is 2. The lowest BCUT2D eigenvalue weighted by molar-refractivity contribution is 0.984. The van der Waals surface area contributed by atoms with Gasteiger partial charge in [-0.3, -0.25) is 9.98 Å². The van der Waals surface area contributed by atoms with Crippen LogP contribution in [0, 0.1) is 0 Å². The van der Waals surface area contributed by atoms with Crippen molar-refractivity contribution in [2.45, 2.75) is 0 Å². The molecule has 4 rings (SSSR count). The van der Waals surface area contributed by atoms with Gasteiger partial charge in [0.2, 0.25) is 0 Å². The summed E-state index contributed by atoms with van der Waals surface area (Å²) in [6, 6.07) is 16.2. The molecular formula is C18H14N4S2. The highest BCUT2D eigenvalue weighted by molar-refractivity contribution is 7.20. The van der Waals surface area contributed by atoms with Gasteiger partial charge in [-0.05, 0) is 24.3 Å². The summed E-state index contributed by atoms with van der Waals surface area (Å²) in [4.78, 5) is 17.9. The van der Waals surface area contributed by atoms with Crippen molar-refractivity contribution < 1.29 is 0 Å². The van der Waals surface area contributed by atoms with Crippen LogP contribution in [0.1, 0.15) is 10.0 Å². The van der Waals surface area contributed by atoms with Crippen molar-refractivity contribution in [1.82, 2.24) is 9.97 Å². The lowest BCUT2D eigenvalue weighted by atomic mass is 10.3. The SMILES string of the molecule is C(=N/CC/N=C\c1nc2ccccc2s1)/c1nc2ccccc2s1. The first-order valence-electron chi connectivity index (χ1n) is 7.59. The second-order valence-corrected chi connectivity index (χ2v) is 7.23. The molecule has 0 unspecified atom stereocenters. The lowest BCUT2D eigenvalue weighted by Gasteiger charge is -1.87. The summed E-state index contributed by atoms with van der Waals surface area (Å²) < 4.78 is 2.38. The first kappa shape index (κ1) is 15.1. The number of hydrogen-bond donors (Lipinski definition) is 0. The highest BCUT2D eigenvalue weighted by atomic mass is 32.1. The Balaban J connectivity index is 1.33. The Morgan fingerprint density at radius 1 is 0.708 bits per heavy atom. The summed E-state index contributed by atoms with van der Waals surface area (Å²) in [7, 11) is 0. The fourth-order valence-electron chi connectivity index (χ4n) is 2.29. The average molecular weight is 350 g/mol. The van der Waals surface area contributed by atoms with Crippen LogP contribution in [0.25, 0.3) is 20.4 Å². The van der Waals surface area contributed by atoms with E-state index in [2.05, 4.69) is 32.1 Å². The molecule has 0 spiro atoms. The average Bonchev–Trinajstić information content (AvgIpc) is 3.20. The van der Waals surface area contributed by atoms with Crippen LogP contribution in [0.15, 0.2) is 58.5 Å². The largest absolute Gasteiger partial charge is 0.288 e. The van der Waals surface area contributed by atoms with E-state index in [1.807, 2.05) is 48.8 Å². The van der Waals surface area contributed by atoms with Gasteiger partial charge in [-0.25, -0.2) is 9.97 Å². The van der Waals surface area contributed by atoms with Crippen LogP contribution in [0.2, 0.25) is 0 Å². The van der Waals surface area contributed by atoms with Gasteiger partial charge in [0.1, 0.15) is 10.0 Å². The molecule has 2 heterocycles. The van der Waals surface area contributed by atoms with Crippen molar-refractivity contribution in [3.63, 3.8) is 0 Å². The molecule has 0 aliphatic carbocycles. The molecule has 2 aromatic carbocycles. The summed E-state index contributed by atoms with van der Waals surface area (Å²) in [5.74, 6) is 0. The van der Waals surface area contributed by atoms with E-state index in [0.29, 0.717) is 13.1 Å². The zero-order chi connectivity index (χ0) is 16.2. The molecule has 24 heavy (non-hydrogen) atoms. The number of para-hydroxylation sites is 2. The maximum Gasteiger partial charge on any atom is 0.135 e. The minimum absolute atomic E-state index is 0.650. The molecule has 4 aromatic rings. The van der Waals surface area contributed by atoms with E-state index in [1.165, 1.54) is 9.40 Å². The molecule has 4 nitrogen and oxygen atoms in total. The van der Waals surface area contributed by atoms with Crippen molar-refractivity contribution in [1.29, 1.82) is 0 Å². The zero-order valence-electron chi connectivity index (χ0n) is 12.8. The highest BCUT2D eigenvalue weighted by Crippen LogP contribution is 2.20. The molecule has 0 aliphatic heterocycles. The minimum Gasteiger partial charge on any atom is -0.288 e. The number of aliphatic imine (C=N–C) groups is 2. The zero-order valence-corrected chi connectivity index (χ0v) is 14.4. The highest BCUT2D eigenvalue weighted by Gasteiger charge is 2.00. The summed E-state index contributed by atoms with van der Waals surface area (Å²) in [5, 5.41) is 1.87. The second kappa shape index (κ2) is 6.98. The van der Waals surface area contributed by atoms with Gasteiger partial charge in [0.15, 0.2) is 0 Å². The Hall–Kier alpha value is -2.44. The Morgan fingerprint density at radius 3 is 1.62 bits per heavy atom. The number of aromatic nitrogens is 2. The predicted octanol–water partition coefficient (Wildman–Crippen LogP) is 4.44. The third-order valence-corrected chi connectivity index (χ3v) is 5.32. The molecule has 0 saturated carbocycles. The number of thiazole rings is 2. The topological polar surface area (TPSA) is 50.5 Å². The third kappa shape index (κ3) is 3.39. The van der Waals surface area contributed by atoms with Crippen LogP contribution in [0.3, 0.4) is 0 Å². The van der Waals surface area contributed by atoms with Crippen LogP contribution in [0.5, 0.6) is 0 Å². The van der Waals surface area contributed by atoms with Gasteiger partial charge < -0.3 is 0 Å². The molecule has 0 bridgehead atoms. The molecule has 0 atom stereocenters. The van der Waals surface area contributed by atoms with E-state index in [0.717, 1.165) is 21.0 Å². The van der Waals surface area contributed by atoms with Crippen LogP contribution in [-0.2, 0) is 0 Å². The van der Waals surface area contributed by atoms with E-state index in [4.69, 9.17) is 0 Å². The number of nitrogens with zero attached hydrogens (tertiary/aromatic N) is 4. The molecular weight excluding hydrogens is 336 g/mol. The van der Waals surface area contributed by atoms with Gasteiger partial charge in [0.05, 0.1) is 46.0 Å². The maximum atomic E-state index is 4.52. The number of rotatable bonds is 5. The van der Waals surface area contributed by atoms with Gasteiger partial charge in [0.25, 0.3) is 0 Å². The number of benzene rings is 2. The minimum atomic E-state index is 0.650. The molecule has 0 amide bonds. The summed E-state index contributed by atoms with van der Waals surface area (Å²) in [6.45, 7) is 1.30. The fourth-order valence-corrected chi connectivity index (χ4v) is 4.01. The van der Waals surface area contributed by atoms with E-state index in [9.17, 15) is 0 Å². The molecule has 0 aliphatic rings. The van der Waals surface area contributed by atoms with Crippen molar-refractivity contribution >= 4 is 55.5 Å². The summed E-state index contributed by atoms with van der Waals surface area (Å²) in [5.41, 5.74) is 2.05. The molecule has 0 radical (unpaired) electrons. The van der Waals surface area contributed by atoms with E-state index in [1.54, 1.807) is 22.7 Å². The normalized spacial score (nSPS) is 12.2. The van der Waals surface area contributed by atoms with E-state index >= 15 is 0 Å². The van der Waals surface area contributed by atoms with Gasteiger partial charge in [-0.2, -0.15) is 0 Å². The standard InChI is InChI=1S/C18H14N4S2/c1-3-7-15-13(5-1)21-17(23-15)11-19-9-10-20-12-18-22-14-6-2-4-8-16(14)24-18/h1-8,11-12H,9-10H2/b19-11-,20-12-. The molecule has 118 valence electrons. The summed E-state index contributed by atoms with van der Waals surface area (Å²) in [6.07, 6.45) is 3.66. The molecule has 0 fully saturated rings. The Labute approximate surface area is 147 Å². The van der Waals surface area contributed by atoms with Crippen molar-refractivity contribution in [3.8, 4) is 0 Å². The molecule has 2 aromatic heterocycles. The Morgan fingerprint density at radius 2 is 1.17 bits per heavy atom. The summed E-state index contributed by atoms with van der Waals surface area (Å²) >= 11 is 3.31. The Bertz CT molecular complexity index is 880. The van der Waals surface area contributed by atoms with Crippen LogP contribution < -0.4 is 0 Å². The quantitative estimate of drug-likeness (QED) is 0.394. The molecule has 0 saturated heterocycles. The predicted molar refractivity (Wildman–Crippen MR) is 104 cm³/mol. The van der Waals surface area contributed by atoms with E-state index < -0.39 is 0 Å². The van der Waals surface area contributed by atoms with Crippen LogP contribution in [-0.4, -0.2) is 35.5 Å². The maximum absolute atomic E-state index is 4.52. The first-order chi connectivity index (χ1) is 11.9. The lowest BCUT2D eigenvalue weighted by Crippen LogP contribution is -1.89. The van der Waals surface area contributed by atoms with Crippen molar-refractivity contribution in [2.24, 2.45) is 9.98 Å². The van der Waals surface area contributed by atoms with Gasteiger partial charge in [-0.15, -0.1) is 22.7 Å². The van der Waals surface area contributed by atoms with Gasteiger partial charge in [0, 0.05) is 0 Å².